The zero-order chi connectivity index (χ0) is 25.7. The van der Waals surface area contributed by atoms with Crippen LogP contribution in [-0.4, -0.2) is 37.1 Å². The van der Waals surface area contributed by atoms with Crippen molar-refractivity contribution in [2.75, 3.05) is 6.61 Å². The fourth-order valence-corrected chi connectivity index (χ4v) is 7.72. The van der Waals surface area contributed by atoms with Gasteiger partial charge in [0.2, 0.25) is 0 Å². The molecule has 2 fully saturated rings. The van der Waals surface area contributed by atoms with E-state index in [0.717, 1.165) is 48.1 Å². The van der Waals surface area contributed by atoms with Gasteiger partial charge in [-0.05, 0) is 105 Å². The minimum atomic E-state index is -3.80. The number of aromatic hydroxyl groups is 1. The smallest absolute Gasteiger partial charge is 0.276 e. The van der Waals surface area contributed by atoms with Crippen LogP contribution in [-0.2, 0) is 16.4 Å². The molecule has 2 aromatic carbocycles. The van der Waals surface area contributed by atoms with Crippen LogP contribution >= 0.6 is 0 Å². The number of ether oxygens (including phenoxy) is 1. The van der Waals surface area contributed by atoms with Gasteiger partial charge in [0.15, 0.2) is 11.5 Å². The Morgan fingerprint density at radius 3 is 2.64 bits per heavy atom. The van der Waals surface area contributed by atoms with Crippen LogP contribution in [0.25, 0.3) is 0 Å². The number of aryl methyl sites for hydroxylation is 1. The summed E-state index contributed by atoms with van der Waals surface area (Å²) in [5.74, 6) is 1.36. The topological polar surface area (TPSA) is 108 Å². The standard InChI is InChI=1S/C28H36N2O5S/c1-4-35-26-16-22-18(14-25(26)31)13-19(29-30-36(33,34)20-7-5-17(2)6-8-20)15-23-21(22)11-12-28(3)24(23)9-10-27(28)32/h5-8,14,16,21,23-24,27,30-32H,4,9-13,15H2,1-3H3/b29-19+/t21?,23?,24?,27-,28-/m0/s1. The lowest BCUT2D eigenvalue weighted by Gasteiger charge is -2.47. The van der Waals surface area contributed by atoms with E-state index in [1.807, 2.05) is 19.9 Å². The van der Waals surface area contributed by atoms with Gasteiger partial charge in [0.1, 0.15) is 0 Å². The maximum absolute atomic E-state index is 12.9. The second kappa shape index (κ2) is 9.38. The van der Waals surface area contributed by atoms with Crippen molar-refractivity contribution in [3.63, 3.8) is 0 Å². The number of hydrogen-bond acceptors (Lipinski definition) is 6. The molecule has 36 heavy (non-hydrogen) atoms. The van der Waals surface area contributed by atoms with Gasteiger partial charge in [-0.3, -0.25) is 0 Å². The number of fused-ring (bicyclic) bond motifs is 5. The number of hydrogen-bond donors (Lipinski definition) is 3. The Kier molecular flexibility index (Phi) is 6.53. The normalized spacial score (nSPS) is 30.7. The highest BCUT2D eigenvalue weighted by molar-refractivity contribution is 7.89. The molecule has 2 saturated carbocycles. The first-order valence-corrected chi connectivity index (χ1v) is 14.4. The lowest BCUT2D eigenvalue weighted by atomic mass is 9.58. The summed E-state index contributed by atoms with van der Waals surface area (Å²) in [7, 11) is -3.80. The molecule has 0 heterocycles. The third kappa shape index (κ3) is 4.39. The second-order valence-corrected chi connectivity index (χ2v) is 12.6. The number of phenolic OH excluding ortho intramolecular Hbond substituents is 1. The maximum atomic E-state index is 12.9. The summed E-state index contributed by atoms with van der Waals surface area (Å²) < 4.78 is 31.6. The Morgan fingerprint density at radius 2 is 1.92 bits per heavy atom. The average molecular weight is 513 g/mol. The molecule has 3 N–H and O–H groups in total. The Morgan fingerprint density at radius 1 is 1.17 bits per heavy atom. The van der Waals surface area contributed by atoms with Crippen LogP contribution in [0.5, 0.6) is 11.5 Å². The first-order chi connectivity index (χ1) is 17.1. The van der Waals surface area contributed by atoms with E-state index in [1.54, 1.807) is 30.3 Å². The van der Waals surface area contributed by atoms with Gasteiger partial charge in [-0.1, -0.05) is 24.6 Å². The van der Waals surface area contributed by atoms with E-state index in [9.17, 15) is 18.6 Å². The molecule has 3 unspecified atom stereocenters. The molecule has 8 heteroatoms. The summed E-state index contributed by atoms with van der Waals surface area (Å²) in [4.78, 5) is 2.64. The summed E-state index contributed by atoms with van der Waals surface area (Å²) in [6, 6.07) is 10.4. The van der Waals surface area contributed by atoms with Gasteiger partial charge < -0.3 is 14.9 Å². The molecule has 0 saturated heterocycles. The Labute approximate surface area is 213 Å². The predicted octanol–water partition coefficient (Wildman–Crippen LogP) is 4.65. The minimum absolute atomic E-state index is 0.0885. The largest absolute Gasteiger partial charge is 0.504 e. The molecule has 0 amide bonds. The number of hydrazone groups is 1. The van der Waals surface area contributed by atoms with Gasteiger partial charge >= 0.3 is 0 Å². The van der Waals surface area contributed by atoms with E-state index in [2.05, 4.69) is 16.9 Å². The van der Waals surface area contributed by atoms with Crippen molar-refractivity contribution >= 4 is 15.7 Å². The van der Waals surface area contributed by atoms with Crippen LogP contribution in [0.15, 0.2) is 46.4 Å². The van der Waals surface area contributed by atoms with E-state index < -0.39 is 10.0 Å². The minimum Gasteiger partial charge on any atom is -0.504 e. The third-order valence-electron chi connectivity index (χ3n) is 8.83. The average Bonchev–Trinajstić information content (AvgIpc) is 3.05. The quantitative estimate of drug-likeness (QED) is 0.506. The summed E-state index contributed by atoms with van der Waals surface area (Å²) in [6.07, 6.45) is 4.40. The molecule has 3 aliphatic carbocycles. The van der Waals surface area contributed by atoms with Crippen molar-refractivity contribution in [1.82, 2.24) is 4.83 Å². The number of rotatable bonds is 5. The second-order valence-electron chi connectivity index (χ2n) is 10.9. The molecule has 3 aliphatic rings. The van der Waals surface area contributed by atoms with E-state index >= 15 is 0 Å². The van der Waals surface area contributed by atoms with Crippen LogP contribution in [0.2, 0.25) is 0 Å². The Hall–Kier alpha value is -2.58. The highest BCUT2D eigenvalue weighted by atomic mass is 32.2. The third-order valence-corrected chi connectivity index (χ3v) is 10.1. The molecule has 7 nitrogen and oxygen atoms in total. The van der Waals surface area contributed by atoms with E-state index in [0.29, 0.717) is 31.1 Å². The molecular weight excluding hydrogens is 476 g/mol. The van der Waals surface area contributed by atoms with Crippen LogP contribution in [0.1, 0.15) is 68.6 Å². The van der Waals surface area contributed by atoms with E-state index in [4.69, 9.17) is 4.74 Å². The van der Waals surface area contributed by atoms with Crippen LogP contribution in [0, 0.1) is 24.2 Å². The number of sulfonamides is 1. The van der Waals surface area contributed by atoms with Crippen molar-refractivity contribution in [3.8, 4) is 11.5 Å². The SMILES string of the molecule is CCOc1cc2c(cc1O)C/C(=N\NS(=O)(=O)c1ccc(C)cc1)CC1C2CC[C@@]2(C)C1CC[C@@H]2O. The van der Waals surface area contributed by atoms with Crippen molar-refractivity contribution in [2.24, 2.45) is 22.4 Å². The summed E-state index contributed by atoms with van der Waals surface area (Å²) in [5, 5.41) is 25.9. The van der Waals surface area contributed by atoms with Crippen molar-refractivity contribution in [1.29, 1.82) is 0 Å². The van der Waals surface area contributed by atoms with Gasteiger partial charge in [0.05, 0.1) is 17.6 Å². The van der Waals surface area contributed by atoms with Gasteiger partial charge in [-0.15, -0.1) is 0 Å². The van der Waals surface area contributed by atoms with Crippen LogP contribution in [0.3, 0.4) is 0 Å². The Bertz CT molecular complexity index is 1270. The fourth-order valence-electron chi connectivity index (χ4n) is 6.87. The molecule has 0 radical (unpaired) electrons. The summed E-state index contributed by atoms with van der Waals surface area (Å²) >= 11 is 0. The molecule has 2 aromatic rings. The number of aliphatic hydroxyl groups excluding tert-OH is 1. The molecule has 0 aliphatic heterocycles. The lowest BCUT2D eigenvalue weighted by molar-refractivity contribution is -0.0166. The summed E-state index contributed by atoms with van der Waals surface area (Å²) in [5.41, 5.74) is 3.69. The number of benzene rings is 2. The first kappa shape index (κ1) is 25.1. The zero-order valence-electron chi connectivity index (χ0n) is 21.2. The molecular formula is C28H36N2O5S. The van der Waals surface area contributed by atoms with Crippen molar-refractivity contribution < 1.29 is 23.4 Å². The highest BCUT2D eigenvalue weighted by Crippen LogP contribution is 2.60. The van der Waals surface area contributed by atoms with Gasteiger partial charge in [-0.2, -0.15) is 13.5 Å². The molecule has 0 aromatic heterocycles. The number of nitrogens with zero attached hydrogens (tertiary/aromatic N) is 1. The lowest BCUT2D eigenvalue weighted by Crippen LogP contribution is -2.42. The fraction of sp³-hybridized carbons (Fsp3) is 0.536. The first-order valence-electron chi connectivity index (χ1n) is 12.9. The van der Waals surface area contributed by atoms with E-state index in [-0.39, 0.29) is 34.0 Å². The Balaban J connectivity index is 1.53. The number of aliphatic hydroxyl groups is 1. The van der Waals surface area contributed by atoms with E-state index in [1.165, 1.54) is 0 Å². The van der Waals surface area contributed by atoms with Gasteiger partial charge in [0, 0.05) is 12.1 Å². The molecule has 5 rings (SSSR count). The molecule has 194 valence electrons. The molecule has 5 atom stereocenters. The van der Waals surface area contributed by atoms with Gasteiger partial charge in [0.25, 0.3) is 10.0 Å². The number of nitrogens with one attached hydrogen (secondary N) is 1. The van der Waals surface area contributed by atoms with Crippen molar-refractivity contribution in [3.05, 3.63) is 53.1 Å². The van der Waals surface area contributed by atoms with Gasteiger partial charge in [-0.25, -0.2) is 4.83 Å². The highest BCUT2D eigenvalue weighted by Gasteiger charge is 2.54. The van der Waals surface area contributed by atoms with Crippen LogP contribution in [0.4, 0.5) is 0 Å². The predicted molar refractivity (Wildman–Crippen MR) is 139 cm³/mol. The van der Waals surface area contributed by atoms with Crippen LogP contribution < -0.4 is 9.57 Å². The summed E-state index contributed by atoms with van der Waals surface area (Å²) in [6.45, 7) is 6.47. The number of phenols is 1. The monoisotopic (exact) mass is 512 g/mol. The maximum Gasteiger partial charge on any atom is 0.276 e. The zero-order valence-corrected chi connectivity index (χ0v) is 22.0. The molecule has 0 spiro atoms. The van der Waals surface area contributed by atoms with Crippen molar-refractivity contribution in [2.45, 2.75) is 76.2 Å². The molecule has 0 bridgehead atoms.